The third-order valence-corrected chi connectivity index (χ3v) is 10.9. The van der Waals surface area contributed by atoms with E-state index < -0.39 is 13.9 Å². The van der Waals surface area contributed by atoms with Gasteiger partial charge in [-0.15, -0.1) is 0 Å². The number of hydrogen-bond donors (Lipinski definition) is 2. The number of unbranched alkanes of at least 4 members (excludes halogenated alkanes) is 27. The highest BCUT2D eigenvalue weighted by atomic mass is 31.2. The third-order valence-electron chi connectivity index (χ3n) is 9.87. The molecule has 0 aliphatic heterocycles. The summed E-state index contributed by atoms with van der Waals surface area (Å²) in [6.45, 7) is 4.93. The minimum absolute atomic E-state index is 0.0962. The van der Waals surface area contributed by atoms with Crippen LogP contribution in [-0.4, -0.2) is 49.9 Å². The van der Waals surface area contributed by atoms with Crippen LogP contribution in [0.5, 0.6) is 0 Å². The number of carbonyl (C=O) groups excluding carboxylic acids is 1. The number of phosphoric acid groups is 1. The smallest absolute Gasteiger partial charge is 0.457 e. The quantitative estimate of drug-likeness (QED) is 0.0271. The molecule has 3 N–H and O–H groups in total. The van der Waals surface area contributed by atoms with Crippen molar-refractivity contribution in [3.05, 3.63) is 24.3 Å². The summed E-state index contributed by atoms with van der Waals surface area (Å²) in [4.78, 5) is 22.5. The van der Waals surface area contributed by atoms with Crippen molar-refractivity contribution in [1.82, 2.24) is 0 Å². The molecule has 320 valence electrons. The molecule has 0 radical (unpaired) electrons. The van der Waals surface area contributed by atoms with Crippen molar-refractivity contribution < 1.29 is 32.8 Å². The molecule has 0 aromatic heterocycles. The second kappa shape index (κ2) is 43.1. The molecule has 9 heteroatoms. The first kappa shape index (κ1) is 53.0. The molecule has 0 saturated heterocycles. The molecule has 2 atom stereocenters. The Morgan fingerprint density at radius 2 is 0.981 bits per heavy atom. The topological polar surface area (TPSA) is 117 Å². The van der Waals surface area contributed by atoms with Crippen LogP contribution in [-0.2, 0) is 27.9 Å². The summed E-state index contributed by atoms with van der Waals surface area (Å²) in [5.41, 5.74) is 5.37. The van der Waals surface area contributed by atoms with E-state index in [-0.39, 0.29) is 32.3 Å². The number of phosphoric ester groups is 1. The lowest BCUT2D eigenvalue weighted by atomic mass is 10.0. The van der Waals surface area contributed by atoms with E-state index in [0.29, 0.717) is 13.0 Å². The summed E-state index contributed by atoms with van der Waals surface area (Å²) in [6.07, 6.45) is 47.7. The maximum Gasteiger partial charge on any atom is 0.472 e. The molecule has 0 aromatic carbocycles. The van der Waals surface area contributed by atoms with E-state index in [1.54, 1.807) is 0 Å². The molecule has 0 spiro atoms. The fourth-order valence-electron chi connectivity index (χ4n) is 6.50. The molecule has 0 heterocycles. The second-order valence-electron chi connectivity index (χ2n) is 15.3. The monoisotopic (exact) mass is 786 g/mol. The lowest BCUT2D eigenvalue weighted by Crippen LogP contribution is -2.28. The summed E-state index contributed by atoms with van der Waals surface area (Å²) in [6, 6.07) is 0. The van der Waals surface area contributed by atoms with E-state index in [4.69, 9.17) is 24.3 Å². The summed E-state index contributed by atoms with van der Waals surface area (Å²) < 4.78 is 33.5. The molecule has 8 nitrogen and oxygen atoms in total. The second-order valence-corrected chi connectivity index (χ2v) is 16.7. The van der Waals surface area contributed by atoms with Crippen LogP contribution in [0.1, 0.15) is 219 Å². The Balaban J connectivity index is 3.99. The van der Waals surface area contributed by atoms with Gasteiger partial charge >= 0.3 is 13.8 Å². The van der Waals surface area contributed by atoms with Crippen LogP contribution in [0.25, 0.3) is 0 Å². The molecule has 0 amide bonds. The number of carbonyl (C=O) groups is 1. The van der Waals surface area contributed by atoms with Gasteiger partial charge in [0.05, 0.1) is 19.8 Å². The molecule has 0 rings (SSSR count). The van der Waals surface area contributed by atoms with Crippen LogP contribution in [0.15, 0.2) is 24.3 Å². The van der Waals surface area contributed by atoms with E-state index in [2.05, 4.69) is 38.2 Å². The lowest BCUT2D eigenvalue weighted by molar-refractivity contribution is -0.154. The van der Waals surface area contributed by atoms with Gasteiger partial charge in [0.2, 0.25) is 0 Å². The molecule has 0 fully saturated rings. The molecule has 54 heavy (non-hydrogen) atoms. The summed E-state index contributed by atoms with van der Waals surface area (Å²) >= 11 is 0. The van der Waals surface area contributed by atoms with Crippen LogP contribution < -0.4 is 5.73 Å². The highest BCUT2D eigenvalue weighted by molar-refractivity contribution is 7.47. The summed E-state index contributed by atoms with van der Waals surface area (Å²) in [5, 5.41) is 0. The zero-order chi connectivity index (χ0) is 39.5. The molecule has 0 aromatic rings. The Morgan fingerprint density at radius 3 is 1.46 bits per heavy atom. The van der Waals surface area contributed by atoms with Crippen molar-refractivity contribution in [2.75, 3.05) is 33.0 Å². The van der Waals surface area contributed by atoms with Gasteiger partial charge in [0.1, 0.15) is 6.10 Å². The van der Waals surface area contributed by atoms with Crippen molar-refractivity contribution in [1.29, 1.82) is 0 Å². The van der Waals surface area contributed by atoms with Crippen LogP contribution in [0, 0.1) is 0 Å². The maximum atomic E-state index is 12.6. The Kier molecular flexibility index (Phi) is 42.3. The van der Waals surface area contributed by atoms with Gasteiger partial charge in [0, 0.05) is 19.6 Å². The number of nitrogens with two attached hydrogens (primary N) is 1. The summed E-state index contributed by atoms with van der Waals surface area (Å²) in [5.74, 6) is -0.340. The van der Waals surface area contributed by atoms with Crippen molar-refractivity contribution in [3.8, 4) is 0 Å². The Labute approximate surface area is 334 Å². The zero-order valence-electron chi connectivity index (χ0n) is 35.5. The highest BCUT2D eigenvalue weighted by Crippen LogP contribution is 2.43. The van der Waals surface area contributed by atoms with E-state index in [1.165, 1.54) is 141 Å². The number of ether oxygens (including phenoxy) is 2. The molecular formula is C45H88NO7P. The number of allylic oxidation sites excluding steroid dienone is 4. The van der Waals surface area contributed by atoms with E-state index in [1.807, 2.05) is 0 Å². The van der Waals surface area contributed by atoms with Gasteiger partial charge in [-0.05, 0) is 44.9 Å². The Hall–Kier alpha value is -1.02. The van der Waals surface area contributed by atoms with Crippen molar-refractivity contribution in [2.45, 2.75) is 225 Å². The van der Waals surface area contributed by atoms with Gasteiger partial charge in [-0.2, -0.15) is 0 Å². The van der Waals surface area contributed by atoms with Crippen LogP contribution >= 0.6 is 7.82 Å². The van der Waals surface area contributed by atoms with E-state index >= 15 is 0 Å². The first-order chi connectivity index (χ1) is 26.4. The Bertz CT molecular complexity index is 884. The molecule has 0 bridgehead atoms. The van der Waals surface area contributed by atoms with Gasteiger partial charge in [0.15, 0.2) is 0 Å². The largest absolute Gasteiger partial charge is 0.472 e. The van der Waals surface area contributed by atoms with Crippen LogP contribution in [0.3, 0.4) is 0 Å². The number of rotatable bonds is 44. The highest BCUT2D eigenvalue weighted by Gasteiger charge is 2.25. The Morgan fingerprint density at radius 1 is 0.556 bits per heavy atom. The normalized spacial score (nSPS) is 13.6. The third kappa shape index (κ3) is 42.1. The van der Waals surface area contributed by atoms with Gasteiger partial charge in [-0.1, -0.05) is 192 Å². The minimum Gasteiger partial charge on any atom is -0.457 e. The molecule has 2 unspecified atom stereocenters. The molecule has 0 aliphatic rings. The average Bonchev–Trinajstić information content (AvgIpc) is 3.16. The van der Waals surface area contributed by atoms with Crippen molar-refractivity contribution in [3.63, 3.8) is 0 Å². The van der Waals surface area contributed by atoms with Gasteiger partial charge in [-0.3, -0.25) is 13.8 Å². The van der Waals surface area contributed by atoms with Crippen molar-refractivity contribution >= 4 is 13.8 Å². The standard InChI is InChI=1S/C45H88NO7P/c1-3-5-7-9-11-13-15-17-19-21-22-23-25-27-29-31-33-35-37-40-50-42-44(43-52-54(48,49)51-41-39-46)53-45(47)38-36-34-32-30-28-26-24-20-18-16-14-12-10-8-6-4-2/h14,16,20,24,44H,3-13,15,17-19,21-23,25-43,46H2,1-2H3,(H,48,49)/b16-14-,24-20-. The first-order valence-corrected chi connectivity index (χ1v) is 24.3. The SMILES string of the molecule is CCCCCC/C=C\C/C=C\CCCCCCCC(=O)OC(COCCCCCCCCCCCCCCCCCCCCC)COP(=O)(O)OCCN. The number of hydrogen-bond acceptors (Lipinski definition) is 7. The average molecular weight is 786 g/mol. The van der Waals surface area contributed by atoms with Gasteiger partial charge < -0.3 is 20.1 Å². The fourth-order valence-corrected chi connectivity index (χ4v) is 7.26. The van der Waals surface area contributed by atoms with Crippen LogP contribution in [0.4, 0.5) is 0 Å². The predicted octanol–water partition coefficient (Wildman–Crippen LogP) is 13.6. The maximum absolute atomic E-state index is 12.6. The molecule has 0 aliphatic carbocycles. The van der Waals surface area contributed by atoms with E-state index in [0.717, 1.165) is 57.8 Å². The predicted molar refractivity (Wildman–Crippen MR) is 229 cm³/mol. The zero-order valence-corrected chi connectivity index (χ0v) is 36.4. The first-order valence-electron chi connectivity index (χ1n) is 22.8. The van der Waals surface area contributed by atoms with Gasteiger partial charge in [0.25, 0.3) is 0 Å². The van der Waals surface area contributed by atoms with Crippen molar-refractivity contribution in [2.24, 2.45) is 5.73 Å². The van der Waals surface area contributed by atoms with Gasteiger partial charge in [-0.25, -0.2) is 4.57 Å². The molecule has 0 saturated carbocycles. The van der Waals surface area contributed by atoms with E-state index in [9.17, 15) is 14.3 Å². The lowest BCUT2D eigenvalue weighted by Gasteiger charge is -2.20. The summed E-state index contributed by atoms with van der Waals surface area (Å²) in [7, 11) is -4.28. The number of esters is 1. The fraction of sp³-hybridized carbons (Fsp3) is 0.889. The van der Waals surface area contributed by atoms with Crippen LogP contribution in [0.2, 0.25) is 0 Å². The molecular weight excluding hydrogens is 697 g/mol. The minimum atomic E-state index is -4.28.